The number of esters is 2. The first-order valence-electron chi connectivity index (χ1n) is 20.4. The molecule has 1 N–H and O–H groups in total. The van der Waals surface area contributed by atoms with Gasteiger partial charge in [-0.1, -0.05) is 134 Å². The number of carbonyl (C=O) groups excluding carboxylic acids is 2. The lowest BCUT2D eigenvalue weighted by molar-refractivity contribution is -0.887. The minimum absolute atomic E-state index is 0.0513. The summed E-state index contributed by atoms with van der Waals surface area (Å²) in [5, 5.41) is 9.58. The van der Waals surface area contributed by atoms with Crippen molar-refractivity contribution in [2.75, 3.05) is 41.0 Å². The molecule has 0 aliphatic heterocycles. The number of quaternary nitrogens is 1. The SMILES string of the molecule is CCCCCC/C=C\C/C=C\CCCCCCCCCC(=O)OC(COCCC(C(=O)O)[N+](C)(C)C)COC(=O)CCCCCCCCCC. The Morgan fingerprint density at radius 2 is 1.06 bits per heavy atom. The van der Waals surface area contributed by atoms with Gasteiger partial charge in [0.05, 0.1) is 34.4 Å². The molecule has 0 rings (SSSR count). The van der Waals surface area contributed by atoms with Crippen molar-refractivity contribution < 1.29 is 38.2 Å². The second kappa shape index (κ2) is 33.9. The molecule has 0 aromatic carbocycles. The van der Waals surface area contributed by atoms with Crippen LogP contribution in [0.5, 0.6) is 0 Å². The number of rotatable bonds is 36. The van der Waals surface area contributed by atoms with Gasteiger partial charge in [0.15, 0.2) is 12.1 Å². The van der Waals surface area contributed by atoms with E-state index in [0.717, 1.165) is 51.4 Å². The molecule has 8 nitrogen and oxygen atoms in total. The van der Waals surface area contributed by atoms with Crippen LogP contribution in [0.4, 0.5) is 0 Å². The average molecular weight is 709 g/mol. The van der Waals surface area contributed by atoms with Crippen molar-refractivity contribution in [3.05, 3.63) is 24.3 Å². The van der Waals surface area contributed by atoms with E-state index in [0.29, 0.717) is 19.3 Å². The number of nitrogens with zero attached hydrogens (tertiary/aromatic N) is 1. The van der Waals surface area contributed by atoms with Crippen LogP contribution in [0.25, 0.3) is 0 Å². The summed E-state index contributed by atoms with van der Waals surface area (Å²) in [5.74, 6) is -1.48. The van der Waals surface area contributed by atoms with Crippen LogP contribution in [0, 0.1) is 0 Å². The number of carboxylic acid groups (broad SMARTS) is 1. The van der Waals surface area contributed by atoms with Crippen LogP contribution in [0.15, 0.2) is 24.3 Å². The molecule has 50 heavy (non-hydrogen) atoms. The van der Waals surface area contributed by atoms with Crippen LogP contribution >= 0.6 is 0 Å². The summed E-state index contributed by atoms with van der Waals surface area (Å²) in [5.41, 5.74) is 0. The monoisotopic (exact) mass is 709 g/mol. The quantitative estimate of drug-likeness (QED) is 0.0299. The predicted octanol–water partition coefficient (Wildman–Crippen LogP) is 10.5. The van der Waals surface area contributed by atoms with Crippen molar-refractivity contribution in [3.8, 4) is 0 Å². The molecule has 0 aromatic heterocycles. The Bertz CT molecular complexity index is 880. The normalized spacial score (nSPS) is 13.2. The Balaban J connectivity index is 4.33. The van der Waals surface area contributed by atoms with Gasteiger partial charge in [-0.25, -0.2) is 4.79 Å². The molecule has 2 unspecified atom stereocenters. The molecule has 2 atom stereocenters. The van der Waals surface area contributed by atoms with Gasteiger partial charge in [-0.2, -0.15) is 0 Å². The molecule has 292 valence electrons. The van der Waals surface area contributed by atoms with Crippen molar-refractivity contribution in [1.82, 2.24) is 0 Å². The second-order valence-electron chi connectivity index (χ2n) is 14.9. The molecule has 0 aromatic rings. The van der Waals surface area contributed by atoms with Gasteiger partial charge in [0.1, 0.15) is 6.61 Å². The number of ether oxygens (including phenoxy) is 3. The molecule has 0 saturated heterocycles. The molecule has 0 amide bonds. The van der Waals surface area contributed by atoms with Gasteiger partial charge in [-0.3, -0.25) is 9.59 Å². The molecule has 0 bridgehead atoms. The van der Waals surface area contributed by atoms with E-state index in [2.05, 4.69) is 38.2 Å². The van der Waals surface area contributed by atoms with Crippen LogP contribution in [-0.4, -0.2) is 80.6 Å². The van der Waals surface area contributed by atoms with E-state index >= 15 is 0 Å². The van der Waals surface area contributed by atoms with Gasteiger partial charge in [0.2, 0.25) is 0 Å². The first kappa shape index (κ1) is 47.8. The Kier molecular flexibility index (Phi) is 32.4. The molecule has 0 radical (unpaired) electrons. The van der Waals surface area contributed by atoms with Crippen LogP contribution in [0.1, 0.15) is 174 Å². The van der Waals surface area contributed by atoms with Gasteiger partial charge < -0.3 is 23.8 Å². The first-order chi connectivity index (χ1) is 24.1. The summed E-state index contributed by atoms with van der Waals surface area (Å²) in [6, 6.07) is -0.612. The number of allylic oxidation sites excluding steroid dienone is 4. The standard InChI is InChI=1S/C42H77NO7/c1-6-8-10-12-14-16-17-18-19-20-21-22-23-24-25-27-29-31-33-41(45)50-38(36-48-35-34-39(42(46)47)43(3,4)5)37-49-40(44)32-30-28-26-15-13-11-9-7-2/h16-17,19-20,38-39H,6-15,18,21-37H2,1-5H3/p+1/b17-16-,20-19-. The highest BCUT2D eigenvalue weighted by atomic mass is 16.6. The lowest BCUT2D eigenvalue weighted by Gasteiger charge is -2.31. The minimum Gasteiger partial charge on any atom is -0.477 e. The number of hydrogen-bond acceptors (Lipinski definition) is 6. The summed E-state index contributed by atoms with van der Waals surface area (Å²) < 4.78 is 17.2. The van der Waals surface area contributed by atoms with Crippen molar-refractivity contribution in [1.29, 1.82) is 0 Å². The van der Waals surface area contributed by atoms with Crippen LogP contribution < -0.4 is 0 Å². The molecule has 0 heterocycles. The zero-order chi connectivity index (χ0) is 37.1. The highest BCUT2D eigenvalue weighted by Crippen LogP contribution is 2.14. The van der Waals surface area contributed by atoms with Crippen LogP contribution in [0.2, 0.25) is 0 Å². The fourth-order valence-corrected chi connectivity index (χ4v) is 5.89. The predicted molar refractivity (Wildman–Crippen MR) is 206 cm³/mol. The summed E-state index contributed by atoms with van der Waals surface area (Å²) in [6.07, 6.45) is 35.1. The molecule has 0 spiro atoms. The molecule has 0 aliphatic rings. The Morgan fingerprint density at radius 1 is 0.600 bits per heavy atom. The first-order valence-corrected chi connectivity index (χ1v) is 20.4. The maximum atomic E-state index is 12.7. The maximum absolute atomic E-state index is 12.7. The summed E-state index contributed by atoms with van der Waals surface area (Å²) in [6.45, 7) is 4.68. The largest absolute Gasteiger partial charge is 0.477 e. The lowest BCUT2D eigenvalue weighted by atomic mass is 10.1. The summed E-state index contributed by atoms with van der Waals surface area (Å²) in [4.78, 5) is 36.7. The third-order valence-corrected chi connectivity index (χ3v) is 9.10. The van der Waals surface area contributed by atoms with E-state index in [1.165, 1.54) is 89.9 Å². The number of likely N-dealkylation sites (N-methyl/N-ethyl adjacent to an activating group) is 1. The topological polar surface area (TPSA) is 99.1 Å². The molecule has 0 fully saturated rings. The highest BCUT2D eigenvalue weighted by Gasteiger charge is 2.31. The zero-order valence-corrected chi connectivity index (χ0v) is 33.1. The number of aliphatic carboxylic acids is 1. The van der Waals surface area contributed by atoms with Crippen molar-refractivity contribution in [3.63, 3.8) is 0 Å². The number of hydrogen-bond donors (Lipinski definition) is 1. The summed E-state index contributed by atoms with van der Waals surface area (Å²) in [7, 11) is 5.51. The van der Waals surface area contributed by atoms with E-state index in [1.807, 2.05) is 21.1 Å². The molecular formula is C42H78NO7+. The Labute approximate surface area is 307 Å². The number of carbonyl (C=O) groups is 3. The number of carboxylic acids is 1. The van der Waals surface area contributed by atoms with Crippen LogP contribution in [-0.2, 0) is 28.6 Å². The van der Waals surface area contributed by atoms with E-state index in [-0.39, 0.29) is 36.2 Å². The van der Waals surface area contributed by atoms with E-state index in [9.17, 15) is 19.5 Å². The molecule has 0 aliphatic carbocycles. The van der Waals surface area contributed by atoms with Gasteiger partial charge in [0, 0.05) is 19.3 Å². The van der Waals surface area contributed by atoms with Crippen LogP contribution in [0.3, 0.4) is 0 Å². The third-order valence-electron chi connectivity index (χ3n) is 9.10. The number of unbranched alkanes of at least 4 members (excludes halogenated alkanes) is 18. The van der Waals surface area contributed by atoms with E-state index in [1.54, 1.807) is 0 Å². The third kappa shape index (κ3) is 31.8. The smallest absolute Gasteiger partial charge is 0.362 e. The van der Waals surface area contributed by atoms with Gasteiger partial charge in [0.25, 0.3) is 0 Å². The van der Waals surface area contributed by atoms with Crippen molar-refractivity contribution in [2.45, 2.75) is 187 Å². The Morgan fingerprint density at radius 3 is 1.56 bits per heavy atom. The fourth-order valence-electron chi connectivity index (χ4n) is 5.89. The van der Waals surface area contributed by atoms with Crippen molar-refractivity contribution in [2.24, 2.45) is 0 Å². The van der Waals surface area contributed by atoms with Crippen molar-refractivity contribution >= 4 is 17.9 Å². The van der Waals surface area contributed by atoms with Gasteiger partial charge >= 0.3 is 17.9 Å². The summed E-state index contributed by atoms with van der Waals surface area (Å²) >= 11 is 0. The fraction of sp³-hybridized carbons (Fsp3) is 0.833. The molecular weight excluding hydrogens is 630 g/mol. The molecule has 0 saturated carbocycles. The van der Waals surface area contributed by atoms with Gasteiger partial charge in [-0.15, -0.1) is 0 Å². The van der Waals surface area contributed by atoms with E-state index in [4.69, 9.17) is 14.2 Å². The second-order valence-corrected chi connectivity index (χ2v) is 14.9. The Hall–Kier alpha value is -2.19. The lowest BCUT2D eigenvalue weighted by Crippen LogP contribution is -2.50. The van der Waals surface area contributed by atoms with Gasteiger partial charge in [-0.05, 0) is 44.9 Å². The molecule has 8 heteroatoms. The average Bonchev–Trinajstić information content (AvgIpc) is 3.06. The highest BCUT2D eigenvalue weighted by molar-refractivity contribution is 5.72. The maximum Gasteiger partial charge on any atom is 0.362 e. The minimum atomic E-state index is -0.877. The van der Waals surface area contributed by atoms with E-state index < -0.39 is 18.1 Å². The zero-order valence-electron chi connectivity index (χ0n) is 33.1.